The van der Waals surface area contributed by atoms with E-state index < -0.39 is 24.0 Å². The molecule has 182 valence electrons. The number of halogens is 1. The van der Waals surface area contributed by atoms with Gasteiger partial charge in [0, 0.05) is 30.5 Å². The van der Waals surface area contributed by atoms with E-state index in [-0.39, 0.29) is 12.4 Å². The molecule has 0 bridgehead atoms. The number of carboxylic acid groups (broad SMARTS) is 1. The summed E-state index contributed by atoms with van der Waals surface area (Å²) in [6, 6.07) is 19.5. The van der Waals surface area contributed by atoms with Crippen molar-refractivity contribution in [3.8, 4) is 11.5 Å². The van der Waals surface area contributed by atoms with E-state index in [9.17, 15) is 19.1 Å². The number of nitrogens with zero attached hydrogens (tertiary/aromatic N) is 1. The molecule has 0 radical (unpaired) electrons. The molecule has 0 unspecified atom stereocenters. The maximum atomic E-state index is 14.3. The molecule has 0 fully saturated rings. The van der Waals surface area contributed by atoms with Gasteiger partial charge in [0.05, 0.1) is 7.11 Å². The van der Waals surface area contributed by atoms with Crippen molar-refractivity contribution in [2.75, 3.05) is 20.2 Å². The number of hydrogen-bond donors (Lipinski definition) is 1. The Labute approximate surface area is 203 Å². The molecule has 0 saturated heterocycles. The van der Waals surface area contributed by atoms with Crippen molar-refractivity contribution >= 4 is 11.9 Å². The van der Waals surface area contributed by atoms with Gasteiger partial charge < -0.3 is 19.5 Å². The van der Waals surface area contributed by atoms with Crippen LogP contribution in [0.4, 0.5) is 4.39 Å². The summed E-state index contributed by atoms with van der Waals surface area (Å²) in [5, 5.41) is 9.39. The molecular weight excluding hydrogens is 449 g/mol. The smallest absolute Gasteiger partial charge is 0.323 e. The number of carbonyl (C=O) groups excluding carboxylic acids is 1. The van der Waals surface area contributed by atoms with E-state index in [1.54, 1.807) is 30.3 Å². The van der Waals surface area contributed by atoms with Gasteiger partial charge in [-0.05, 0) is 42.7 Å². The minimum Gasteiger partial charge on any atom is -0.493 e. The minimum atomic E-state index is -1.08. The first-order valence-electron chi connectivity index (χ1n) is 11.5. The van der Waals surface area contributed by atoms with Gasteiger partial charge in [-0.25, -0.2) is 4.39 Å². The largest absolute Gasteiger partial charge is 0.493 e. The highest BCUT2D eigenvalue weighted by Gasteiger charge is 2.38. The average Bonchev–Trinajstić information content (AvgIpc) is 3.18. The van der Waals surface area contributed by atoms with Crippen LogP contribution in [0.5, 0.6) is 11.5 Å². The Morgan fingerprint density at radius 2 is 1.83 bits per heavy atom. The van der Waals surface area contributed by atoms with Crippen LogP contribution in [0.3, 0.4) is 0 Å². The van der Waals surface area contributed by atoms with Crippen molar-refractivity contribution in [2.45, 2.75) is 31.8 Å². The number of carbonyl (C=O) groups is 2. The molecule has 1 aliphatic heterocycles. The van der Waals surface area contributed by atoms with Gasteiger partial charge in [-0.15, -0.1) is 0 Å². The molecule has 6 nitrogen and oxygen atoms in total. The van der Waals surface area contributed by atoms with Gasteiger partial charge in [0.15, 0.2) is 11.5 Å². The van der Waals surface area contributed by atoms with Crippen LogP contribution < -0.4 is 9.47 Å². The monoisotopic (exact) mass is 477 g/mol. The van der Waals surface area contributed by atoms with Gasteiger partial charge in [0.25, 0.3) is 5.91 Å². The number of benzene rings is 3. The van der Waals surface area contributed by atoms with Crippen molar-refractivity contribution in [1.82, 2.24) is 4.90 Å². The quantitative estimate of drug-likeness (QED) is 0.490. The Balaban J connectivity index is 1.58. The van der Waals surface area contributed by atoms with Crippen LogP contribution in [0.2, 0.25) is 0 Å². The van der Waals surface area contributed by atoms with E-state index in [0.29, 0.717) is 41.9 Å². The maximum Gasteiger partial charge on any atom is 0.323 e. The lowest BCUT2D eigenvalue weighted by molar-refractivity contribution is -0.137. The zero-order valence-corrected chi connectivity index (χ0v) is 19.8. The molecular formula is C28H28FNO5. The molecule has 0 aromatic heterocycles. The molecule has 0 saturated carbocycles. The summed E-state index contributed by atoms with van der Waals surface area (Å²) in [7, 11) is 1.49. The van der Waals surface area contributed by atoms with Gasteiger partial charge in [0.2, 0.25) is 0 Å². The Bertz CT molecular complexity index is 1230. The topological polar surface area (TPSA) is 76.1 Å². The number of amides is 1. The number of fused-ring (bicyclic) bond motifs is 1. The molecule has 0 spiro atoms. The molecule has 1 amide bonds. The van der Waals surface area contributed by atoms with Crippen LogP contribution in [0.1, 0.15) is 34.0 Å². The van der Waals surface area contributed by atoms with Crippen molar-refractivity contribution in [2.24, 2.45) is 0 Å². The van der Waals surface area contributed by atoms with E-state index in [4.69, 9.17) is 9.47 Å². The highest BCUT2D eigenvalue weighted by molar-refractivity contribution is 5.97. The summed E-state index contributed by atoms with van der Waals surface area (Å²) in [5.41, 5.74) is 1.94. The number of hydrogen-bond acceptors (Lipinski definition) is 4. The first-order chi connectivity index (χ1) is 16.8. The molecule has 1 heterocycles. The van der Waals surface area contributed by atoms with Crippen molar-refractivity contribution < 1.29 is 28.6 Å². The molecule has 35 heavy (non-hydrogen) atoms. The highest BCUT2D eigenvalue weighted by atomic mass is 19.1. The van der Waals surface area contributed by atoms with E-state index in [1.807, 2.05) is 37.3 Å². The minimum absolute atomic E-state index is 0.260. The van der Waals surface area contributed by atoms with Gasteiger partial charge in [-0.1, -0.05) is 48.5 Å². The van der Waals surface area contributed by atoms with Crippen LogP contribution in [0.15, 0.2) is 66.7 Å². The third kappa shape index (κ3) is 5.62. The summed E-state index contributed by atoms with van der Waals surface area (Å²) in [5.74, 6) is -0.857. The maximum absolute atomic E-state index is 14.3. The first-order valence-corrected chi connectivity index (χ1v) is 11.5. The van der Waals surface area contributed by atoms with E-state index >= 15 is 0 Å². The molecule has 1 atom stereocenters. The number of ether oxygens (including phenoxy) is 2. The third-order valence-corrected chi connectivity index (χ3v) is 6.16. The average molecular weight is 478 g/mol. The predicted octanol–water partition coefficient (Wildman–Crippen LogP) is 4.54. The highest BCUT2D eigenvalue weighted by Crippen LogP contribution is 2.44. The van der Waals surface area contributed by atoms with E-state index in [0.717, 1.165) is 11.1 Å². The second-order valence-electron chi connectivity index (χ2n) is 9.02. The van der Waals surface area contributed by atoms with Crippen LogP contribution >= 0.6 is 0 Å². The fourth-order valence-electron chi connectivity index (χ4n) is 4.52. The van der Waals surface area contributed by atoms with Crippen LogP contribution in [-0.2, 0) is 24.1 Å². The summed E-state index contributed by atoms with van der Waals surface area (Å²) in [6.45, 7) is 1.75. The van der Waals surface area contributed by atoms with E-state index in [1.165, 1.54) is 18.1 Å². The number of methoxy groups -OCH3 is 1. The van der Waals surface area contributed by atoms with Gasteiger partial charge in [-0.2, -0.15) is 0 Å². The number of aliphatic carboxylic acids is 1. The Morgan fingerprint density at radius 1 is 1.11 bits per heavy atom. The Hall–Kier alpha value is -3.87. The van der Waals surface area contributed by atoms with Crippen LogP contribution in [0.25, 0.3) is 0 Å². The number of rotatable bonds is 9. The van der Waals surface area contributed by atoms with Crippen molar-refractivity contribution in [3.05, 3.63) is 94.8 Å². The van der Waals surface area contributed by atoms with E-state index in [2.05, 4.69) is 0 Å². The molecule has 4 rings (SSSR count). The fourth-order valence-corrected chi connectivity index (χ4v) is 4.52. The Kier molecular flexibility index (Phi) is 7.05. The summed E-state index contributed by atoms with van der Waals surface area (Å²) >= 11 is 0. The standard InChI is InChI=1S/C28H28FNO5/c1-28(16-20-10-6-7-11-23(20)29)17-22-14-21(15-24(34-2)26(22)35-28)27(33)30(18-25(31)32)13-12-19-8-4-3-5-9-19/h3-11,14-15H,12-13,16-18H2,1-2H3,(H,31,32)/t28-/m0/s1. The molecule has 1 aliphatic rings. The second kappa shape index (κ2) is 10.2. The fraction of sp³-hybridized carbons (Fsp3) is 0.286. The number of carboxylic acids is 1. The summed E-state index contributed by atoms with van der Waals surface area (Å²) in [6.07, 6.45) is 1.34. The molecule has 7 heteroatoms. The lowest BCUT2D eigenvalue weighted by atomic mass is 9.91. The van der Waals surface area contributed by atoms with Crippen molar-refractivity contribution in [3.63, 3.8) is 0 Å². The van der Waals surface area contributed by atoms with Crippen molar-refractivity contribution in [1.29, 1.82) is 0 Å². The van der Waals surface area contributed by atoms with Crippen LogP contribution in [0, 0.1) is 5.82 Å². The third-order valence-electron chi connectivity index (χ3n) is 6.16. The molecule has 3 aromatic rings. The first kappa shape index (κ1) is 24.3. The molecule has 0 aliphatic carbocycles. The summed E-state index contributed by atoms with van der Waals surface area (Å²) in [4.78, 5) is 26.2. The van der Waals surface area contributed by atoms with Gasteiger partial charge in [-0.3, -0.25) is 9.59 Å². The lowest BCUT2D eigenvalue weighted by Gasteiger charge is -2.24. The predicted molar refractivity (Wildman–Crippen MR) is 130 cm³/mol. The zero-order valence-electron chi connectivity index (χ0n) is 19.8. The molecule has 1 N–H and O–H groups in total. The Morgan fingerprint density at radius 3 is 2.51 bits per heavy atom. The lowest BCUT2D eigenvalue weighted by Crippen LogP contribution is -2.37. The summed E-state index contributed by atoms with van der Waals surface area (Å²) < 4.78 is 26.0. The zero-order chi connectivity index (χ0) is 25.0. The van der Waals surface area contributed by atoms with Gasteiger partial charge >= 0.3 is 5.97 Å². The van der Waals surface area contributed by atoms with Gasteiger partial charge in [0.1, 0.15) is 18.0 Å². The normalized spacial score (nSPS) is 16.3. The SMILES string of the molecule is COc1cc(C(=O)N(CCc2ccccc2)CC(=O)O)cc2c1O[C@@](C)(Cc1ccccc1F)C2. The molecule has 3 aromatic carbocycles. The second-order valence-corrected chi connectivity index (χ2v) is 9.02. The van der Waals surface area contributed by atoms with Crippen LogP contribution in [-0.4, -0.2) is 47.7 Å².